The van der Waals surface area contributed by atoms with Crippen LogP contribution < -0.4 is 5.32 Å². The minimum atomic E-state index is -0.612. The minimum absolute atomic E-state index is 0.470. The number of carbonyl (C=O) groups is 2. The quantitative estimate of drug-likeness (QED) is 0.665. The molecule has 4 rings (SSSR count). The summed E-state index contributed by atoms with van der Waals surface area (Å²) in [4.78, 5) is 26.5. The summed E-state index contributed by atoms with van der Waals surface area (Å²) in [6.07, 6.45) is 2.84. The third-order valence-corrected chi connectivity index (χ3v) is 5.21. The van der Waals surface area contributed by atoms with E-state index in [2.05, 4.69) is 38.1 Å². The van der Waals surface area contributed by atoms with Gasteiger partial charge in [-0.25, -0.2) is 0 Å². The van der Waals surface area contributed by atoms with Crippen LogP contribution in [0.4, 0.5) is 5.69 Å². The maximum Gasteiger partial charge on any atom is 0.313 e. The SMILES string of the molecule is O=C(Nc1ccc(-c2nn[nH]n2)cc1)C(=O)N1CCC(Cc2ccccc2)CC1. The zero-order valence-corrected chi connectivity index (χ0v) is 15.9. The number of aromatic nitrogens is 4. The molecule has 1 aromatic heterocycles. The van der Waals surface area contributed by atoms with Crippen molar-refractivity contribution in [1.29, 1.82) is 0 Å². The van der Waals surface area contributed by atoms with Crippen LogP contribution in [0.25, 0.3) is 11.4 Å². The van der Waals surface area contributed by atoms with Crippen molar-refractivity contribution in [2.24, 2.45) is 5.92 Å². The largest absolute Gasteiger partial charge is 0.334 e. The maximum atomic E-state index is 12.5. The van der Waals surface area contributed by atoms with E-state index < -0.39 is 11.8 Å². The molecule has 0 unspecified atom stereocenters. The first kappa shape index (κ1) is 18.8. The summed E-state index contributed by atoms with van der Waals surface area (Å²) in [6.45, 7) is 1.22. The summed E-state index contributed by atoms with van der Waals surface area (Å²) >= 11 is 0. The third kappa shape index (κ3) is 4.66. The molecule has 1 fully saturated rings. The average Bonchev–Trinajstić information content (AvgIpc) is 3.30. The predicted octanol–water partition coefficient (Wildman–Crippen LogP) is 2.29. The molecule has 0 bridgehead atoms. The Kier molecular flexibility index (Phi) is 5.60. The monoisotopic (exact) mass is 390 g/mol. The Labute approximate surface area is 168 Å². The van der Waals surface area contributed by atoms with E-state index in [1.165, 1.54) is 5.56 Å². The number of aromatic amines is 1. The molecule has 2 aromatic carbocycles. The number of carbonyl (C=O) groups excluding carboxylic acids is 2. The standard InChI is InChI=1S/C21H22N6O2/c28-20(22-18-8-6-17(7-9-18)19-23-25-26-24-19)21(29)27-12-10-16(11-13-27)14-15-4-2-1-3-5-15/h1-9,16H,10-14H2,(H,22,28)(H,23,24,25,26). The van der Waals surface area contributed by atoms with Gasteiger partial charge in [0, 0.05) is 24.3 Å². The van der Waals surface area contributed by atoms with Crippen LogP contribution in [0.3, 0.4) is 0 Å². The zero-order chi connectivity index (χ0) is 20.1. The summed E-state index contributed by atoms with van der Waals surface area (Å²) in [6, 6.07) is 17.3. The number of amides is 2. The van der Waals surface area contributed by atoms with E-state index in [9.17, 15) is 9.59 Å². The molecule has 0 radical (unpaired) electrons. The van der Waals surface area contributed by atoms with E-state index in [1.807, 2.05) is 18.2 Å². The highest BCUT2D eigenvalue weighted by Gasteiger charge is 2.27. The first-order valence-electron chi connectivity index (χ1n) is 9.67. The molecular formula is C21H22N6O2. The Morgan fingerprint density at radius 3 is 2.41 bits per heavy atom. The Hall–Kier alpha value is -3.55. The van der Waals surface area contributed by atoms with Crippen LogP contribution in [-0.2, 0) is 16.0 Å². The molecule has 148 valence electrons. The highest BCUT2D eigenvalue weighted by Crippen LogP contribution is 2.22. The number of hydrogen-bond acceptors (Lipinski definition) is 5. The number of nitrogens with zero attached hydrogens (tertiary/aromatic N) is 4. The molecule has 2 N–H and O–H groups in total. The van der Waals surface area contributed by atoms with Crippen molar-refractivity contribution in [3.8, 4) is 11.4 Å². The van der Waals surface area contributed by atoms with E-state index in [4.69, 9.17) is 0 Å². The number of tetrazole rings is 1. The second-order valence-electron chi connectivity index (χ2n) is 7.19. The van der Waals surface area contributed by atoms with Crippen LogP contribution in [0.15, 0.2) is 54.6 Å². The number of anilines is 1. The van der Waals surface area contributed by atoms with Crippen LogP contribution >= 0.6 is 0 Å². The predicted molar refractivity (Wildman–Crippen MR) is 108 cm³/mol. The van der Waals surface area contributed by atoms with Gasteiger partial charge in [-0.05, 0) is 60.2 Å². The third-order valence-electron chi connectivity index (χ3n) is 5.21. The lowest BCUT2D eigenvalue weighted by atomic mass is 9.90. The van der Waals surface area contributed by atoms with Crippen LogP contribution in [0.1, 0.15) is 18.4 Å². The van der Waals surface area contributed by atoms with Crippen molar-refractivity contribution in [1.82, 2.24) is 25.5 Å². The maximum absolute atomic E-state index is 12.5. The van der Waals surface area contributed by atoms with Crippen molar-refractivity contribution in [2.45, 2.75) is 19.3 Å². The van der Waals surface area contributed by atoms with Gasteiger partial charge in [-0.3, -0.25) is 9.59 Å². The van der Waals surface area contributed by atoms with Crippen molar-refractivity contribution >= 4 is 17.5 Å². The molecule has 2 amide bonds. The van der Waals surface area contributed by atoms with Gasteiger partial charge in [0.05, 0.1) is 0 Å². The van der Waals surface area contributed by atoms with Gasteiger partial charge in [0.15, 0.2) is 0 Å². The van der Waals surface area contributed by atoms with Gasteiger partial charge < -0.3 is 10.2 Å². The lowest BCUT2D eigenvalue weighted by Crippen LogP contribution is -2.44. The van der Waals surface area contributed by atoms with Crippen LogP contribution in [0.2, 0.25) is 0 Å². The lowest BCUT2D eigenvalue weighted by molar-refractivity contribution is -0.144. The molecule has 2 heterocycles. The van der Waals surface area contributed by atoms with Gasteiger partial charge in [0.25, 0.3) is 0 Å². The summed E-state index contributed by atoms with van der Waals surface area (Å²) in [5.74, 6) is -0.0799. The number of rotatable bonds is 4. The first-order valence-corrected chi connectivity index (χ1v) is 9.67. The lowest BCUT2D eigenvalue weighted by Gasteiger charge is -2.31. The van der Waals surface area contributed by atoms with E-state index in [-0.39, 0.29) is 0 Å². The fraction of sp³-hybridized carbons (Fsp3) is 0.286. The van der Waals surface area contributed by atoms with Crippen LogP contribution in [-0.4, -0.2) is 50.4 Å². The van der Waals surface area contributed by atoms with Gasteiger partial charge in [0.2, 0.25) is 5.82 Å². The van der Waals surface area contributed by atoms with Crippen molar-refractivity contribution < 1.29 is 9.59 Å². The smallest absolute Gasteiger partial charge is 0.313 e. The summed E-state index contributed by atoms with van der Waals surface area (Å²) in [5.41, 5.74) is 2.64. The fourth-order valence-electron chi connectivity index (χ4n) is 3.60. The van der Waals surface area contributed by atoms with Gasteiger partial charge in [-0.1, -0.05) is 30.3 Å². The van der Waals surface area contributed by atoms with Crippen LogP contribution in [0, 0.1) is 5.92 Å². The highest BCUT2D eigenvalue weighted by molar-refractivity contribution is 6.39. The summed E-state index contributed by atoms with van der Waals surface area (Å²) in [5, 5.41) is 16.4. The number of H-pyrrole nitrogens is 1. The molecule has 0 spiro atoms. The zero-order valence-electron chi connectivity index (χ0n) is 15.9. The molecule has 3 aromatic rings. The average molecular weight is 390 g/mol. The van der Waals surface area contributed by atoms with Gasteiger partial charge in [-0.15, -0.1) is 10.2 Å². The Morgan fingerprint density at radius 2 is 1.76 bits per heavy atom. The Balaban J connectivity index is 1.28. The van der Waals surface area contributed by atoms with E-state index in [1.54, 1.807) is 29.2 Å². The molecule has 8 nitrogen and oxygen atoms in total. The number of nitrogens with one attached hydrogen (secondary N) is 2. The van der Waals surface area contributed by atoms with Crippen LogP contribution in [0.5, 0.6) is 0 Å². The van der Waals surface area contributed by atoms with Gasteiger partial charge >= 0.3 is 11.8 Å². The first-order chi connectivity index (χ1) is 14.2. The van der Waals surface area contributed by atoms with E-state index in [0.29, 0.717) is 30.5 Å². The summed E-state index contributed by atoms with van der Waals surface area (Å²) < 4.78 is 0. The number of hydrogen-bond donors (Lipinski definition) is 2. The molecule has 29 heavy (non-hydrogen) atoms. The molecular weight excluding hydrogens is 368 g/mol. The van der Waals surface area contributed by atoms with Gasteiger partial charge in [0.1, 0.15) is 0 Å². The Morgan fingerprint density at radius 1 is 1.03 bits per heavy atom. The summed E-state index contributed by atoms with van der Waals surface area (Å²) in [7, 11) is 0. The minimum Gasteiger partial charge on any atom is -0.334 e. The fourth-order valence-corrected chi connectivity index (χ4v) is 3.60. The van der Waals surface area contributed by atoms with Crippen molar-refractivity contribution in [3.63, 3.8) is 0 Å². The topological polar surface area (TPSA) is 104 Å². The van der Waals surface area contributed by atoms with E-state index >= 15 is 0 Å². The van der Waals surface area contributed by atoms with E-state index in [0.717, 1.165) is 24.8 Å². The molecule has 0 atom stereocenters. The second kappa shape index (κ2) is 8.64. The molecule has 1 aliphatic rings. The normalized spacial score (nSPS) is 14.6. The molecule has 1 saturated heterocycles. The molecule has 1 aliphatic heterocycles. The van der Waals surface area contributed by atoms with Crippen molar-refractivity contribution in [2.75, 3.05) is 18.4 Å². The number of benzene rings is 2. The second-order valence-corrected chi connectivity index (χ2v) is 7.19. The number of likely N-dealkylation sites (tertiary alicyclic amines) is 1. The van der Waals surface area contributed by atoms with Crippen molar-refractivity contribution in [3.05, 3.63) is 60.2 Å². The molecule has 0 saturated carbocycles. The number of piperidine rings is 1. The Bertz CT molecular complexity index is 949. The van der Waals surface area contributed by atoms with Gasteiger partial charge in [-0.2, -0.15) is 5.21 Å². The molecule has 0 aliphatic carbocycles. The molecule has 8 heteroatoms. The highest BCUT2D eigenvalue weighted by atomic mass is 16.2.